The lowest BCUT2D eigenvalue weighted by atomic mass is 10.1. The van der Waals surface area contributed by atoms with Gasteiger partial charge in [0.15, 0.2) is 0 Å². The molecule has 1 atom stereocenters. The number of halogens is 1. The summed E-state index contributed by atoms with van der Waals surface area (Å²) in [5, 5.41) is 3.25. The van der Waals surface area contributed by atoms with Crippen LogP contribution in [-0.2, 0) is 4.79 Å². The molecule has 1 saturated heterocycles. The maximum Gasteiger partial charge on any atom is 0.262 e. The second-order valence-corrected chi connectivity index (χ2v) is 5.44. The van der Waals surface area contributed by atoms with Crippen LogP contribution in [0, 0.1) is 0 Å². The fourth-order valence-corrected chi connectivity index (χ4v) is 2.78. The quantitative estimate of drug-likeness (QED) is 0.806. The van der Waals surface area contributed by atoms with E-state index in [0.717, 1.165) is 11.4 Å². The van der Waals surface area contributed by atoms with Crippen LogP contribution in [0.3, 0.4) is 0 Å². The molecule has 2 aliphatic rings. The number of hydrogen-bond donors (Lipinski definition) is 1. The molecule has 1 aromatic rings. The van der Waals surface area contributed by atoms with Crippen LogP contribution in [0.5, 0.6) is 0 Å². The maximum atomic E-state index is 12.3. The summed E-state index contributed by atoms with van der Waals surface area (Å²) in [6, 6.07) is 6.89. The standard InChI is InChI=1S/C15H17N3O3.ClH/c1-10-8-17(7-6-16-10)13(19)9-18-14(20)11-4-2-3-5-12(11)15(18)21;/h2-5,10,16H,6-9H2,1H3;1H. The van der Waals surface area contributed by atoms with E-state index in [0.29, 0.717) is 24.2 Å². The first kappa shape index (κ1) is 16.5. The number of benzene rings is 1. The molecule has 118 valence electrons. The third kappa shape index (κ3) is 2.84. The Morgan fingerprint density at radius 3 is 2.36 bits per heavy atom. The van der Waals surface area contributed by atoms with Crippen LogP contribution in [-0.4, -0.2) is 59.7 Å². The fraction of sp³-hybridized carbons (Fsp3) is 0.400. The molecular weight excluding hydrogens is 306 g/mol. The Morgan fingerprint density at radius 1 is 1.23 bits per heavy atom. The summed E-state index contributed by atoms with van der Waals surface area (Å²) < 4.78 is 0. The number of imide groups is 1. The average molecular weight is 324 g/mol. The van der Waals surface area contributed by atoms with Crippen molar-refractivity contribution in [2.45, 2.75) is 13.0 Å². The first-order chi connectivity index (χ1) is 10.1. The van der Waals surface area contributed by atoms with Crippen LogP contribution >= 0.6 is 12.4 Å². The lowest BCUT2D eigenvalue weighted by Gasteiger charge is -2.32. The van der Waals surface area contributed by atoms with Crippen molar-refractivity contribution in [3.63, 3.8) is 0 Å². The lowest BCUT2D eigenvalue weighted by molar-refractivity contribution is -0.132. The smallest absolute Gasteiger partial charge is 0.262 e. The first-order valence-electron chi connectivity index (χ1n) is 7.04. The minimum absolute atomic E-state index is 0. The molecule has 0 saturated carbocycles. The highest BCUT2D eigenvalue weighted by molar-refractivity contribution is 6.22. The SMILES string of the molecule is CC1CN(C(=O)CN2C(=O)c3ccccc3C2=O)CCN1.Cl. The summed E-state index contributed by atoms with van der Waals surface area (Å²) in [6.07, 6.45) is 0. The fourth-order valence-electron chi connectivity index (χ4n) is 2.78. The number of hydrogen-bond acceptors (Lipinski definition) is 4. The van der Waals surface area contributed by atoms with Crippen molar-refractivity contribution in [1.29, 1.82) is 0 Å². The highest BCUT2D eigenvalue weighted by Crippen LogP contribution is 2.22. The first-order valence-corrected chi connectivity index (χ1v) is 7.04. The van der Waals surface area contributed by atoms with Crippen molar-refractivity contribution in [3.8, 4) is 0 Å². The van der Waals surface area contributed by atoms with Gasteiger partial charge in [0.05, 0.1) is 11.1 Å². The number of rotatable bonds is 2. The molecule has 2 aliphatic heterocycles. The van der Waals surface area contributed by atoms with Crippen molar-refractivity contribution in [2.75, 3.05) is 26.2 Å². The van der Waals surface area contributed by atoms with Gasteiger partial charge in [0.1, 0.15) is 6.54 Å². The molecule has 22 heavy (non-hydrogen) atoms. The number of nitrogens with one attached hydrogen (secondary N) is 1. The van der Waals surface area contributed by atoms with Gasteiger partial charge in [-0.3, -0.25) is 19.3 Å². The predicted molar refractivity (Wildman–Crippen MR) is 83.1 cm³/mol. The van der Waals surface area contributed by atoms with Crippen LogP contribution in [0.25, 0.3) is 0 Å². The molecule has 1 N–H and O–H groups in total. The Balaban J connectivity index is 0.00000176. The maximum absolute atomic E-state index is 12.3. The molecule has 6 nitrogen and oxygen atoms in total. The Morgan fingerprint density at radius 2 is 1.82 bits per heavy atom. The Hall–Kier alpha value is -1.92. The van der Waals surface area contributed by atoms with Crippen molar-refractivity contribution < 1.29 is 14.4 Å². The number of nitrogens with zero attached hydrogens (tertiary/aromatic N) is 2. The van der Waals surface area contributed by atoms with Crippen molar-refractivity contribution in [3.05, 3.63) is 35.4 Å². The van der Waals surface area contributed by atoms with Crippen LogP contribution in [0.2, 0.25) is 0 Å². The zero-order valence-electron chi connectivity index (χ0n) is 12.2. The summed E-state index contributed by atoms with van der Waals surface area (Å²) in [5.74, 6) is -0.947. The molecule has 1 fully saturated rings. The Bertz CT molecular complexity index is 585. The number of carbonyl (C=O) groups excluding carboxylic acids is 3. The molecule has 0 bridgehead atoms. The van der Waals surface area contributed by atoms with Gasteiger partial charge in [0.25, 0.3) is 11.8 Å². The molecule has 3 rings (SSSR count). The minimum Gasteiger partial charge on any atom is -0.338 e. The summed E-state index contributed by atoms with van der Waals surface area (Å²) in [7, 11) is 0. The predicted octanol–water partition coefficient (Wildman–Crippen LogP) is 0.525. The minimum atomic E-state index is -0.382. The third-order valence-electron chi connectivity index (χ3n) is 3.89. The molecule has 0 radical (unpaired) electrons. The molecule has 7 heteroatoms. The summed E-state index contributed by atoms with van der Waals surface area (Å²) in [4.78, 5) is 39.5. The zero-order chi connectivity index (χ0) is 15.0. The van der Waals surface area contributed by atoms with E-state index in [-0.39, 0.29) is 42.7 Å². The number of fused-ring (bicyclic) bond motifs is 1. The Kier molecular flexibility index (Phi) is 4.83. The average Bonchev–Trinajstić information content (AvgIpc) is 2.73. The van der Waals surface area contributed by atoms with Gasteiger partial charge in [-0.1, -0.05) is 12.1 Å². The molecule has 1 aromatic carbocycles. The zero-order valence-corrected chi connectivity index (χ0v) is 13.1. The van der Waals surface area contributed by atoms with Gasteiger partial charge in [0.2, 0.25) is 5.91 Å². The van der Waals surface area contributed by atoms with Crippen LogP contribution < -0.4 is 5.32 Å². The highest BCUT2D eigenvalue weighted by Gasteiger charge is 2.37. The number of carbonyl (C=O) groups is 3. The van der Waals surface area contributed by atoms with Gasteiger partial charge in [-0.05, 0) is 19.1 Å². The third-order valence-corrected chi connectivity index (χ3v) is 3.89. The molecule has 2 heterocycles. The van der Waals surface area contributed by atoms with E-state index in [1.807, 2.05) is 6.92 Å². The molecule has 3 amide bonds. The van der Waals surface area contributed by atoms with E-state index in [1.54, 1.807) is 29.2 Å². The Labute approximate surface area is 134 Å². The lowest BCUT2D eigenvalue weighted by Crippen LogP contribution is -2.53. The van der Waals surface area contributed by atoms with E-state index in [9.17, 15) is 14.4 Å². The summed E-state index contributed by atoms with van der Waals surface area (Å²) in [6.45, 7) is 3.75. The van der Waals surface area contributed by atoms with Gasteiger partial charge < -0.3 is 10.2 Å². The number of amides is 3. The molecule has 0 spiro atoms. The normalized spacial score (nSPS) is 20.7. The van der Waals surface area contributed by atoms with E-state index in [2.05, 4.69) is 5.32 Å². The summed E-state index contributed by atoms with van der Waals surface area (Å²) >= 11 is 0. The van der Waals surface area contributed by atoms with Crippen molar-refractivity contribution >= 4 is 30.1 Å². The van der Waals surface area contributed by atoms with Crippen molar-refractivity contribution in [1.82, 2.24) is 15.1 Å². The van der Waals surface area contributed by atoms with Gasteiger partial charge in [0, 0.05) is 25.7 Å². The number of piperazine rings is 1. The van der Waals surface area contributed by atoms with Gasteiger partial charge in [-0.25, -0.2) is 0 Å². The molecule has 1 unspecified atom stereocenters. The highest BCUT2D eigenvalue weighted by atomic mass is 35.5. The second-order valence-electron chi connectivity index (χ2n) is 5.44. The summed E-state index contributed by atoms with van der Waals surface area (Å²) in [5.41, 5.74) is 0.757. The topological polar surface area (TPSA) is 69.7 Å². The van der Waals surface area contributed by atoms with Crippen LogP contribution in [0.4, 0.5) is 0 Å². The van der Waals surface area contributed by atoms with E-state index < -0.39 is 0 Å². The monoisotopic (exact) mass is 323 g/mol. The molecule has 0 aromatic heterocycles. The largest absolute Gasteiger partial charge is 0.338 e. The van der Waals surface area contributed by atoms with Gasteiger partial charge in [-0.2, -0.15) is 0 Å². The second kappa shape index (κ2) is 6.46. The van der Waals surface area contributed by atoms with Crippen molar-refractivity contribution in [2.24, 2.45) is 0 Å². The van der Waals surface area contributed by atoms with Crippen LogP contribution in [0.1, 0.15) is 27.6 Å². The van der Waals surface area contributed by atoms with Gasteiger partial charge in [-0.15, -0.1) is 12.4 Å². The van der Waals surface area contributed by atoms with Crippen LogP contribution in [0.15, 0.2) is 24.3 Å². The van der Waals surface area contributed by atoms with E-state index in [1.165, 1.54) is 0 Å². The van der Waals surface area contributed by atoms with E-state index >= 15 is 0 Å². The molecule has 0 aliphatic carbocycles. The molecular formula is C15H18ClN3O3. The van der Waals surface area contributed by atoms with Gasteiger partial charge >= 0.3 is 0 Å². The van der Waals surface area contributed by atoms with E-state index in [4.69, 9.17) is 0 Å².